The smallest absolute Gasteiger partial charge is 0.117 e. The third-order valence-electron chi connectivity index (χ3n) is 10.7. The van der Waals surface area contributed by atoms with E-state index in [4.69, 9.17) is 23.7 Å². The van der Waals surface area contributed by atoms with Gasteiger partial charge in [0.2, 0.25) is 0 Å². The van der Waals surface area contributed by atoms with Crippen molar-refractivity contribution >= 4 is 10.8 Å². The third kappa shape index (κ3) is 10.3. The van der Waals surface area contributed by atoms with Gasteiger partial charge in [0, 0.05) is 0 Å². The Hall–Kier alpha value is -5.40. The first-order valence-corrected chi connectivity index (χ1v) is 20.1. The molecule has 5 atom stereocenters. The highest BCUT2D eigenvalue weighted by Gasteiger charge is 2.49. The van der Waals surface area contributed by atoms with Crippen LogP contribution in [0.5, 0.6) is 0 Å². The third-order valence-corrected chi connectivity index (χ3v) is 10.7. The molecule has 1 aliphatic heterocycles. The molecule has 288 valence electrons. The molecular weight excluding hydrogens is 705 g/mol. The van der Waals surface area contributed by atoms with Crippen molar-refractivity contribution in [3.05, 3.63) is 227 Å². The van der Waals surface area contributed by atoms with Crippen LogP contribution in [0.1, 0.15) is 45.0 Å². The van der Waals surface area contributed by atoms with Gasteiger partial charge in [0.1, 0.15) is 30.5 Å². The number of rotatable bonds is 17. The molecule has 0 saturated carbocycles. The Morgan fingerprint density at radius 2 is 0.895 bits per heavy atom. The number of hydrogen-bond donors (Lipinski definition) is 0. The van der Waals surface area contributed by atoms with Crippen molar-refractivity contribution in [1.29, 1.82) is 0 Å². The minimum absolute atomic E-state index is 0.317. The largest absolute Gasteiger partial charge is 0.374 e. The number of ether oxygens (including phenoxy) is 5. The van der Waals surface area contributed by atoms with Crippen molar-refractivity contribution in [1.82, 2.24) is 0 Å². The summed E-state index contributed by atoms with van der Waals surface area (Å²) in [6.07, 6.45) is -0.530. The van der Waals surface area contributed by atoms with Gasteiger partial charge in [-0.25, -0.2) is 0 Å². The van der Waals surface area contributed by atoms with E-state index in [1.165, 1.54) is 21.9 Å². The van der Waals surface area contributed by atoms with Gasteiger partial charge < -0.3 is 23.7 Å². The predicted molar refractivity (Wildman–Crippen MR) is 227 cm³/mol. The summed E-state index contributed by atoms with van der Waals surface area (Å²) in [7, 11) is 0. The summed E-state index contributed by atoms with van der Waals surface area (Å²) in [5.74, 6) is 0. The van der Waals surface area contributed by atoms with Crippen molar-refractivity contribution in [3.8, 4) is 0 Å². The predicted octanol–water partition coefficient (Wildman–Crippen LogP) is 11.0. The zero-order valence-electron chi connectivity index (χ0n) is 32.3. The second kappa shape index (κ2) is 19.6. The van der Waals surface area contributed by atoms with Crippen LogP contribution in [-0.4, -0.2) is 31.0 Å². The Morgan fingerprint density at radius 3 is 1.46 bits per heavy atom. The number of benzene rings is 7. The van der Waals surface area contributed by atoms with Crippen LogP contribution in [0.3, 0.4) is 0 Å². The van der Waals surface area contributed by atoms with Crippen LogP contribution in [0.4, 0.5) is 0 Å². The summed E-state index contributed by atoms with van der Waals surface area (Å²) >= 11 is 0. The van der Waals surface area contributed by atoms with Crippen molar-refractivity contribution in [2.45, 2.75) is 69.8 Å². The number of fused-ring (bicyclic) bond motifs is 1. The Morgan fingerprint density at radius 1 is 0.404 bits per heavy atom. The topological polar surface area (TPSA) is 46.2 Å². The fourth-order valence-corrected chi connectivity index (χ4v) is 7.73. The second-order valence-corrected chi connectivity index (χ2v) is 14.8. The Labute approximate surface area is 336 Å². The van der Waals surface area contributed by atoms with E-state index in [0.717, 1.165) is 40.7 Å². The SMILES string of the molecule is c1ccc(CCc2cccc3ccc([C@@H]4O[C@H](COCc5ccccc5)[C@@H](OCc5ccccc5)[C@H](OCc5ccccc5)[C@H]4OCc4ccccc4)cc23)cc1. The summed E-state index contributed by atoms with van der Waals surface area (Å²) in [5, 5.41) is 2.42. The van der Waals surface area contributed by atoms with Crippen LogP contribution in [-0.2, 0) is 63.0 Å². The van der Waals surface area contributed by atoms with Gasteiger partial charge in [-0.3, -0.25) is 0 Å². The van der Waals surface area contributed by atoms with Gasteiger partial charge in [0.15, 0.2) is 0 Å². The van der Waals surface area contributed by atoms with Crippen LogP contribution < -0.4 is 0 Å². The first kappa shape index (κ1) is 38.5. The molecular formula is C52H50O5. The molecule has 1 fully saturated rings. The van der Waals surface area contributed by atoms with Gasteiger partial charge in [-0.1, -0.05) is 182 Å². The molecule has 5 nitrogen and oxygen atoms in total. The molecule has 0 unspecified atom stereocenters. The summed E-state index contributed by atoms with van der Waals surface area (Å²) in [6, 6.07) is 65.1. The molecule has 7 aromatic rings. The molecule has 5 heteroatoms. The lowest BCUT2D eigenvalue weighted by atomic mass is 9.88. The normalized spacial score (nSPS) is 19.4. The molecule has 0 N–H and O–H groups in total. The highest BCUT2D eigenvalue weighted by molar-refractivity contribution is 5.86. The zero-order valence-corrected chi connectivity index (χ0v) is 32.3. The lowest BCUT2D eigenvalue weighted by Crippen LogP contribution is -2.58. The summed E-state index contributed by atoms with van der Waals surface area (Å²) in [5.41, 5.74) is 8.00. The minimum Gasteiger partial charge on any atom is -0.374 e. The molecule has 0 radical (unpaired) electrons. The van der Waals surface area contributed by atoms with E-state index < -0.39 is 30.5 Å². The van der Waals surface area contributed by atoms with Gasteiger partial charge in [0.05, 0.1) is 33.0 Å². The van der Waals surface area contributed by atoms with E-state index in [1.54, 1.807) is 0 Å². The highest BCUT2D eigenvalue weighted by atomic mass is 16.6. The molecule has 7 aromatic carbocycles. The van der Waals surface area contributed by atoms with Gasteiger partial charge in [-0.05, 0) is 68.6 Å². The molecule has 0 spiro atoms. The molecule has 0 amide bonds. The molecule has 0 aliphatic carbocycles. The van der Waals surface area contributed by atoms with Crippen molar-refractivity contribution < 1.29 is 23.7 Å². The molecule has 8 rings (SSSR count). The Kier molecular flexibility index (Phi) is 13.3. The first-order valence-electron chi connectivity index (χ1n) is 20.1. The van der Waals surface area contributed by atoms with Crippen molar-refractivity contribution in [2.24, 2.45) is 0 Å². The maximum atomic E-state index is 7.26. The number of hydrogen-bond acceptors (Lipinski definition) is 5. The highest BCUT2D eigenvalue weighted by Crippen LogP contribution is 2.40. The summed E-state index contributed by atoms with van der Waals surface area (Å²) in [4.78, 5) is 0. The molecule has 1 aliphatic rings. The maximum absolute atomic E-state index is 7.26. The quantitative estimate of drug-likeness (QED) is 0.0926. The van der Waals surface area contributed by atoms with Gasteiger partial charge in [-0.2, -0.15) is 0 Å². The minimum atomic E-state index is -0.506. The molecule has 1 saturated heterocycles. The number of aryl methyl sites for hydroxylation is 2. The zero-order chi connectivity index (χ0) is 38.5. The van der Waals surface area contributed by atoms with E-state index in [0.29, 0.717) is 33.0 Å². The molecule has 1 heterocycles. The van der Waals surface area contributed by atoms with Crippen LogP contribution >= 0.6 is 0 Å². The van der Waals surface area contributed by atoms with E-state index in [1.807, 2.05) is 72.8 Å². The Bertz CT molecular complexity index is 2230. The van der Waals surface area contributed by atoms with E-state index in [9.17, 15) is 0 Å². The molecule has 0 aromatic heterocycles. The van der Waals surface area contributed by atoms with Gasteiger partial charge >= 0.3 is 0 Å². The fourth-order valence-electron chi connectivity index (χ4n) is 7.73. The van der Waals surface area contributed by atoms with Crippen molar-refractivity contribution in [2.75, 3.05) is 6.61 Å². The van der Waals surface area contributed by atoms with Gasteiger partial charge in [0.25, 0.3) is 0 Å². The average Bonchev–Trinajstić information content (AvgIpc) is 3.28. The van der Waals surface area contributed by atoms with Crippen LogP contribution in [0.15, 0.2) is 188 Å². The van der Waals surface area contributed by atoms with E-state index in [2.05, 4.69) is 115 Å². The first-order chi connectivity index (χ1) is 28.3. The van der Waals surface area contributed by atoms with Crippen molar-refractivity contribution in [3.63, 3.8) is 0 Å². The molecule has 57 heavy (non-hydrogen) atoms. The average molecular weight is 755 g/mol. The Balaban J connectivity index is 1.17. The molecule has 0 bridgehead atoms. The fraction of sp³-hybridized carbons (Fsp3) is 0.231. The van der Waals surface area contributed by atoms with Crippen LogP contribution in [0.25, 0.3) is 10.8 Å². The van der Waals surface area contributed by atoms with E-state index in [-0.39, 0.29) is 0 Å². The summed E-state index contributed by atoms with van der Waals surface area (Å²) < 4.78 is 34.7. The lowest BCUT2D eigenvalue weighted by molar-refractivity contribution is -0.275. The summed E-state index contributed by atoms with van der Waals surface area (Å²) in [6.45, 7) is 1.96. The van der Waals surface area contributed by atoms with Gasteiger partial charge in [-0.15, -0.1) is 0 Å². The van der Waals surface area contributed by atoms with Crippen LogP contribution in [0.2, 0.25) is 0 Å². The second-order valence-electron chi connectivity index (χ2n) is 14.8. The monoisotopic (exact) mass is 754 g/mol. The standard InChI is InChI=1S/C52H50O5/c1-6-17-39(18-7-1)29-30-44-27-16-28-45-31-32-46(33-47(44)45)49-51(55-36-42-23-12-4-13-24-42)52(56-37-43-25-14-5-15-26-43)50(54-35-41-21-10-3-11-22-41)48(57-49)38-53-34-40-19-8-2-9-20-40/h1-28,31-33,48-52H,29-30,34-38H2/t48-,49+,50-,51+,52+/m1/s1. The lowest BCUT2D eigenvalue weighted by Gasteiger charge is -2.46. The van der Waals surface area contributed by atoms with Crippen LogP contribution in [0, 0.1) is 0 Å². The van der Waals surface area contributed by atoms with E-state index >= 15 is 0 Å². The maximum Gasteiger partial charge on any atom is 0.117 e.